The van der Waals surface area contributed by atoms with Crippen molar-refractivity contribution >= 4 is 29.8 Å². The summed E-state index contributed by atoms with van der Waals surface area (Å²) in [7, 11) is 0. The Morgan fingerprint density at radius 1 is 0.723 bits per heavy atom. The number of carbonyl (C=O) groups excluding carboxylic acids is 5. The fourth-order valence-corrected chi connectivity index (χ4v) is 5.19. The van der Waals surface area contributed by atoms with Crippen molar-refractivity contribution in [3.8, 4) is 22.4 Å². The van der Waals surface area contributed by atoms with Crippen LogP contribution in [0.4, 0.5) is 0 Å². The van der Waals surface area contributed by atoms with Gasteiger partial charge < -0.3 is 28.4 Å². The minimum absolute atomic E-state index is 0.0610. The molecule has 1 aliphatic rings. The molecule has 0 aliphatic carbocycles. The first-order chi connectivity index (χ1) is 22.4. The lowest BCUT2D eigenvalue weighted by Crippen LogP contribution is -2.61. The van der Waals surface area contributed by atoms with E-state index < -0.39 is 78.2 Å². The van der Waals surface area contributed by atoms with Crippen molar-refractivity contribution in [3.63, 3.8) is 0 Å². The Morgan fingerprint density at radius 2 is 1.26 bits per heavy atom. The van der Waals surface area contributed by atoms with Crippen molar-refractivity contribution in [3.05, 3.63) is 76.6 Å². The van der Waals surface area contributed by atoms with Crippen molar-refractivity contribution in [1.29, 1.82) is 0 Å². The SMILES string of the molecule is CCOC(=O)c1c(-c2ccccc2)c(-c2ccccc2)nn([C@@H]2O[C@H](COC(C)=O)[C@@H](OC(C)=O)[C@H](OC(C)=O)[C@H]2OC(C)=O)c1=O. The molecular weight excluding hydrogens is 616 g/mol. The quantitative estimate of drug-likeness (QED) is 0.231. The molecule has 0 N–H and O–H groups in total. The molecule has 1 fully saturated rings. The normalized spacial score (nSPS) is 20.4. The van der Waals surface area contributed by atoms with Crippen LogP contribution in [0.25, 0.3) is 22.4 Å². The molecule has 5 atom stereocenters. The molecule has 0 amide bonds. The van der Waals surface area contributed by atoms with Gasteiger partial charge in [0.05, 0.1) is 12.3 Å². The molecule has 4 rings (SSSR count). The Bertz CT molecular complexity index is 1690. The number of aromatic nitrogens is 2. The third-order valence-corrected chi connectivity index (χ3v) is 6.91. The second-order valence-electron chi connectivity index (χ2n) is 10.4. The minimum atomic E-state index is -1.71. The maximum absolute atomic E-state index is 14.5. The van der Waals surface area contributed by atoms with Gasteiger partial charge in [-0.15, -0.1) is 0 Å². The van der Waals surface area contributed by atoms with E-state index in [4.69, 9.17) is 28.4 Å². The van der Waals surface area contributed by atoms with Crippen molar-refractivity contribution in [2.75, 3.05) is 13.2 Å². The molecule has 0 unspecified atom stereocenters. The Hall–Kier alpha value is -5.37. The average Bonchev–Trinajstić information content (AvgIpc) is 3.02. The second kappa shape index (κ2) is 15.3. The van der Waals surface area contributed by atoms with Gasteiger partial charge in [0.1, 0.15) is 18.3 Å². The summed E-state index contributed by atoms with van der Waals surface area (Å²) in [5, 5.41) is 4.66. The van der Waals surface area contributed by atoms with Gasteiger partial charge in [-0.2, -0.15) is 9.78 Å². The zero-order valence-electron chi connectivity index (χ0n) is 26.4. The highest BCUT2D eigenvalue weighted by atomic mass is 16.7. The van der Waals surface area contributed by atoms with E-state index in [-0.39, 0.29) is 17.9 Å². The molecule has 14 nitrogen and oxygen atoms in total. The standard InChI is InChI=1S/C33H34N2O12/c1-6-42-33(41)26-25(22-13-9-7-10-14-22)27(23-15-11-8-12-16-23)34-35(31(26)40)32-30(46-21(5)39)29(45-20(4)38)28(44-19(3)37)24(47-32)17-43-18(2)36/h7-16,24,28-30,32H,6,17H2,1-5H3/t24-,28-,29+,30-,32-/m1/s1. The maximum atomic E-state index is 14.5. The van der Waals surface area contributed by atoms with Gasteiger partial charge in [0, 0.05) is 38.8 Å². The van der Waals surface area contributed by atoms with E-state index in [9.17, 15) is 28.8 Å². The molecule has 2 heterocycles. The number of nitrogens with zero attached hydrogens (tertiary/aromatic N) is 2. The summed E-state index contributed by atoms with van der Waals surface area (Å²) in [6.07, 6.45) is -7.76. The third-order valence-electron chi connectivity index (χ3n) is 6.91. The summed E-state index contributed by atoms with van der Waals surface area (Å²) >= 11 is 0. The first-order valence-electron chi connectivity index (χ1n) is 14.7. The summed E-state index contributed by atoms with van der Waals surface area (Å²) < 4.78 is 34.0. The second-order valence-corrected chi connectivity index (χ2v) is 10.4. The molecule has 47 heavy (non-hydrogen) atoms. The fourth-order valence-electron chi connectivity index (χ4n) is 5.19. The molecule has 3 aromatic rings. The van der Waals surface area contributed by atoms with Crippen LogP contribution in [0.1, 0.15) is 51.2 Å². The van der Waals surface area contributed by atoms with Crippen molar-refractivity contribution < 1.29 is 52.4 Å². The Kier molecular flexibility index (Phi) is 11.2. The predicted molar refractivity (Wildman–Crippen MR) is 163 cm³/mol. The van der Waals surface area contributed by atoms with E-state index in [1.54, 1.807) is 67.6 Å². The van der Waals surface area contributed by atoms with E-state index >= 15 is 0 Å². The highest BCUT2D eigenvalue weighted by Gasteiger charge is 2.54. The lowest BCUT2D eigenvalue weighted by molar-refractivity contribution is -0.271. The van der Waals surface area contributed by atoms with Crippen LogP contribution in [0.3, 0.4) is 0 Å². The van der Waals surface area contributed by atoms with E-state index in [0.29, 0.717) is 11.1 Å². The average molecular weight is 651 g/mol. The van der Waals surface area contributed by atoms with Crippen LogP contribution in [-0.4, -0.2) is 77.3 Å². The van der Waals surface area contributed by atoms with Crippen LogP contribution in [0, 0.1) is 0 Å². The maximum Gasteiger partial charge on any atom is 0.344 e. The number of ether oxygens (including phenoxy) is 6. The number of hydrogen-bond acceptors (Lipinski definition) is 13. The molecule has 0 spiro atoms. The van der Waals surface area contributed by atoms with Crippen LogP contribution >= 0.6 is 0 Å². The highest BCUT2D eigenvalue weighted by molar-refractivity contribution is 6.00. The zero-order valence-corrected chi connectivity index (χ0v) is 26.4. The van der Waals surface area contributed by atoms with Gasteiger partial charge in [0.2, 0.25) is 0 Å². The largest absolute Gasteiger partial charge is 0.463 e. The van der Waals surface area contributed by atoms with Crippen LogP contribution in [-0.2, 0) is 47.6 Å². The predicted octanol–water partition coefficient (Wildman–Crippen LogP) is 3.01. The van der Waals surface area contributed by atoms with Gasteiger partial charge in [-0.25, -0.2) is 4.79 Å². The number of rotatable bonds is 10. The number of benzene rings is 2. The first kappa shape index (κ1) is 34.5. The number of esters is 5. The van der Waals surface area contributed by atoms with Gasteiger partial charge >= 0.3 is 29.8 Å². The highest BCUT2D eigenvalue weighted by Crippen LogP contribution is 2.37. The molecule has 0 saturated carbocycles. The zero-order chi connectivity index (χ0) is 34.2. The number of hydrogen-bond donors (Lipinski definition) is 0. The molecule has 0 bridgehead atoms. The molecule has 14 heteroatoms. The Morgan fingerprint density at radius 3 is 1.79 bits per heavy atom. The van der Waals surface area contributed by atoms with Crippen LogP contribution in [0.5, 0.6) is 0 Å². The third kappa shape index (κ3) is 8.08. The van der Waals surface area contributed by atoms with Crippen LogP contribution < -0.4 is 5.56 Å². The van der Waals surface area contributed by atoms with Crippen LogP contribution in [0.2, 0.25) is 0 Å². The molecular formula is C33H34N2O12. The van der Waals surface area contributed by atoms with Crippen molar-refractivity contribution in [2.24, 2.45) is 0 Å². The van der Waals surface area contributed by atoms with Gasteiger partial charge in [-0.05, 0) is 12.5 Å². The van der Waals surface area contributed by atoms with E-state index in [2.05, 4.69) is 5.10 Å². The summed E-state index contributed by atoms with van der Waals surface area (Å²) in [6.45, 7) is 5.37. The van der Waals surface area contributed by atoms with Gasteiger partial charge in [-0.3, -0.25) is 24.0 Å². The minimum Gasteiger partial charge on any atom is -0.463 e. The van der Waals surface area contributed by atoms with Gasteiger partial charge in [-0.1, -0.05) is 60.7 Å². The van der Waals surface area contributed by atoms with E-state index in [1.165, 1.54) is 0 Å². The lowest BCUT2D eigenvalue weighted by atomic mass is 9.94. The van der Waals surface area contributed by atoms with Crippen LogP contribution in [0.15, 0.2) is 65.5 Å². The summed E-state index contributed by atoms with van der Waals surface area (Å²) in [4.78, 5) is 76.8. The summed E-state index contributed by atoms with van der Waals surface area (Å²) in [6, 6.07) is 17.3. The lowest BCUT2D eigenvalue weighted by Gasteiger charge is -2.44. The molecule has 1 aliphatic heterocycles. The molecule has 248 valence electrons. The summed E-state index contributed by atoms with van der Waals surface area (Å²) in [5.74, 6) is -4.22. The molecule has 2 aromatic carbocycles. The van der Waals surface area contributed by atoms with Gasteiger partial charge in [0.15, 0.2) is 24.5 Å². The first-order valence-corrected chi connectivity index (χ1v) is 14.7. The monoisotopic (exact) mass is 650 g/mol. The van der Waals surface area contributed by atoms with Crippen molar-refractivity contribution in [1.82, 2.24) is 9.78 Å². The van der Waals surface area contributed by atoms with Crippen molar-refractivity contribution in [2.45, 2.75) is 65.3 Å². The Labute approximate surface area is 269 Å². The molecule has 0 radical (unpaired) electrons. The van der Waals surface area contributed by atoms with E-state index in [1.807, 2.05) is 0 Å². The topological polar surface area (TPSA) is 176 Å². The number of carbonyl (C=O) groups is 5. The molecule has 1 aromatic heterocycles. The van der Waals surface area contributed by atoms with Gasteiger partial charge in [0.25, 0.3) is 5.56 Å². The van der Waals surface area contributed by atoms with E-state index in [0.717, 1.165) is 32.4 Å². The molecule has 1 saturated heterocycles. The Balaban J connectivity index is 2.07. The smallest absolute Gasteiger partial charge is 0.344 e. The summed E-state index contributed by atoms with van der Waals surface area (Å²) in [5.41, 5.74) is -0.0962. The fraction of sp³-hybridized carbons (Fsp3) is 0.364.